The first kappa shape index (κ1) is 66.0. The van der Waals surface area contributed by atoms with Gasteiger partial charge in [0.25, 0.3) is 0 Å². The van der Waals surface area contributed by atoms with Gasteiger partial charge in [-0.25, -0.2) is 0 Å². The molecule has 1 aromatic rings. The average Bonchev–Trinajstić information content (AvgIpc) is 3.26. The molecule has 9 nitrogen and oxygen atoms in total. The quantitative estimate of drug-likeness (QED) is 0.0268. The van der Waals surface area contributed by atoms with Crippen molar-refractivity contribution < 1.29 is 41.8 Å². The van der Waals surface area contributed by atoms with E-state index in [9.17, 15) is 4.79 Å². The molecular weight excluding hydrogens is 949 g/mol. The fourth-order valence-corrected chi connectivity index (χ4v) is 13.4. The Labute approximate surface area is 445 Å². The maximum Gasteiger partial charge on any atom is 0.311 e. The molecule has 72 heavy (non-hydrogen) atoms. The Hall–Kier alpha value is -2.14. The third-order valence-electron chi connectivity index (χ3n) is 16.9. The summed E-state index contributed by atoms with van der Waals surface area (Å²) < 4.78 is 52.4. The van der Waals surface area contributed by atoms with Gasteiger partial charge in [0.1, 0.15) is 18.6 Å². The van der Waals surface area contributed by atoms with E-state index in [0.717, 1.165) is 17.7 Å². The van der Waals surface area contributed by atoms with Crippen molar-refractivity contribution in [3.8, 4) is 5.75 Å². The van der Waals surface area contributed by atoms with Gasteiger partial charge >= 0.3 is 5.97 Å². The highest BCUT2D eigenvalue weighted by Gasteiger charge is 2.49. The van der Waals surface area contributed by atoms with Gasteiger partial charge in [0.05, 0.1) is 50.2 Å². The van der Waals surface area contributed by atoms with Gasteiger partial charge in [0, 0.05) is 43.1 Å². The molecule has 0 amide bonds. The molecule has 0 radical (unpaired) electrons. The molecule has 0 unspecified atom stereocenters. The van der Waals surface area contributed by atoms with Crippen LogP contribution in [0.3, 0.4) is 0 Å². The number of benzene rings is 1. The van der Waals surface area contributed by atoms with Crippen molar-refractivity contribution in [1.82, 2.24) is 0 Å². The minimum absolute atomic E-state index is 0.00149. The van der Waals surface area contributed by atoms with Gasteiger partial charge < -0.3 is 37.0 Å². The monoisotopic (exact) mass is 1060 g/mol. The molecule has 1 aliphatic rings. The van der Waals surface area contributed by atoms with Gasteiger partial charge in [0.15, 0.2) is 25.0 Å². The zero-order chi connectivity index (χ0) is 55.4. The van der Waals surface area contributed by atoms with Crippen LogP contribution in [0.2, 0.25) is 54.4 Å². The summed E-state index contributed by atoms with van der Waals surface area (Å²) in [6, 6.07) is 8.13. The van der Waals surface area contributed by atoms with E-state index in [1.165, 1.54) is 5.57 Å². The normalized spacial score (nSPS) is 23.0. The van der Waals surface area contributed by atoms with E-state index in [4.69, 9.17) is 37.0 Å². The van der Waals surface area contributed by atoms with Crippen molar-refractivity contribution in [2.75, 3.05) is 21.0 Å². The van der Waals surface area contributed by atoms with E-state index in [0.29, 0.717) is 13.0 Å². The zero-order valence-corrected chi connectivity index (χ0v) is 53.5. The molecule has 1 aliphatic heterocycles. The second-order valence-electron chi connectivity index (χ2n) is 26.3. The topological polar surface area (TPSA) is 90.9 Å². The van der Waals surface area contributed by atoms with Crippen molar-refractivity contribution in [2.24, 2.45) is 41.4 Å². The van der Waals surface area contributed by atoms with Crippen LogP contribution in [0, 0.1) is 41.4 Å². The van der Waals surface area contributed by atoms with Crippen LogP contribution in [0.25, 0.3) is 0 Å². The largest absolute Gasteiger partial charge is 0.497 e. The van der Waals surface area contributed by atoms with E-state index in [1.807, 2.05) is 31.2 Å². The number of cyclic esters (lactones) is 1. The number of carbonyl (C=O) groups excluding carboxylic acids is 1. The maximum absolute atomic E-state index is 13.6. The minimum Gasteiger partial charge on any atom is -0.497 e. The first-order valence-electron chi connectivity index (χ1n) is 27.2. The highest BCUT2D eigenvalue weighted by atomic mass is 28.4. The minimum atomic E-state index is -2.26. The second-order valence-corrected chi connectivity index (χ2v) is 40.5. The van der Waals surface area contributed by atoms with E-state index in [2.05, 4.69) is 193 Å². The van der Waals surface area contributed by atoms with Gasteiger partial charge in [0.2, 0.25) is 0 Å². The van der Waals surface area contributed by atoms with Gasteiger partial charge in [-0.3, -0.25) is 4.79 Å². The molecule has 0 bridgehead atoms. The van der Waals surface area contributed by atoms with Crippen LogP contribution < -0.4 is 4.74 Å². The summed E-state index contributed by atoms with van der Waals surface area (Å²) in [4.78, 5) is 13.6. The Balaban J connectivity index is 2.55. The number of carbonyl (C=O) groups is 1. The van der Waals surface area contributed by atoms with Gasteiger partial charge in [-0.05, 0) is 98.3 Å². The molecule has 0 spiro atoms. The van der Waals surface area contributed by atoms with Gasteiger partial charge in [-0.2, -0.15) is 0 Å². The SMILES string of the molecule is C=C/C=C\[C@H](C)[C@H](OCc1ccc(OC)cc1)[C@@H](C)[C@H](O[Si](C)(C)C(C)(C)C)[C@@H](C)C/C(C)=C\[C@H](C)[C@@H](OCOC)[C@@H](C)/C=C\[C@H](C[C@@H]1OC(=O)[C@H](C)[C@@H](O[Si](C)(C)C(C)(C)C)[C@H]1C)O[Si](C)(C)C(C)(C)C. The lowest BCUT2D eigenvalue weighted by Crippen LogP contribution is -2.55. The molecule has 13 atom stereocenters. The third kappa shape index (κ3) is 19.2. The second kappa shape index (κ2) is 27.8. The Kier molecular flexibility index (Phi) is 25.4. The van der Waals surface area contributed by atoms with Crippen molar-refractivity contribution in [2.45, 2.75) is 228 Å². The molecule has 2 rings (SSSR count). The standard InChI is InChI=1S/C60H108O9Si3/c1-27-28-29-42(3)54(64-39-49-31-34-50(63-20)35-32-49)47(8)55(68-71(23,24)59(13,14)15)45(6)37-41(2)36-44(5)53(65-40-62-19)43(4)30-33-51(67-70(21,22)58(10,11)12)38-52-46(7)56(48(9)57(61)66-52)69-72(25,26)60(16,17)18/h27-36,42-48,51-56H,1,37-40H2,2-26H3/b29-28-,33-30-,41-36-/t42-,43-,44-,45-,46-,47+,48+,51+,52-,53-,54-,55+,56-/m0/s1. The summed E-state index contributed by atoms with van der Waals surface area (Å²) >= 11 is 0. The van der Waals surface area contributed by atoms with Crippen molar-refractivity contribution in [1.29, 1.82) is 0 Å². The summed E-state index contributed by atoms with van der Waals surface area (Å²) in [7, 11) is -3.28. The third-order valence-corrected chi connectivity index (χ3v) is 30.4. The van der Waals surface area contributed by atoms with Crippen LogP contribution in [0.5, 0.6) is 5.75 Å². The van der Waals surface area contributed by atoms with E-state index < -0.39 is 25.0 Å². The fraction of sp³-hybridized carbons (Fsp3) is 0.750. The van der Waals surface area contributed by atoms with Crippen LogP contribution in [0.15, 0.2) is 72.9 Å². The summed E-state index contributed by atoms with van der Waals surface area (Å²) in [6.45, 7) is 56.7. The maximum atomic E-state index is 13.6. The summed E-state index contributed by atoms with van der Waals surface area (Å²) in [6.07, 6.45) is 13.1. The first-order chi connectivity index (χ1) is 32.9. The molecule has 0 aliphatic carbocycles. The lowest BCUT2D eigenvalue weighted by atomic mass is 9.81. The average molecular weight is 1060 g/mol. The Morgan fingerprint density at radius 2 is 1.26 bits per heavy atom. The number of rotatable bonds is 28. The molecule has 1 fully saturated rings. The lowest BCUT2D eigenvalue weighted by Gasteiger charge is -2.47. The Morgan fingerprint density at radius 3 is 1.78 bits per heavy atom. The van der Waals surface area contributed by atoms with Crippen LogP contribution in [0.1, 0.15) is 136 Å². The van der Waals surface area contributed by atoms with Gasteiger partial charge in [-0.1, -0.05) is 165 Å². The summed E-state index contributed by atoms with van der Waals surface area (Å²) in [5.41, 5.74) is 2.39. The van der Waals surface area contributed by atoms with Crippen molar-refractivity contribution in [3.63, 3.8) is 0 Å². The molecule has 1 saturated heterocycles. The fourth-order valence-electron chi connectivity index (χ4n) is 9.18. The van der Waals surface area contributed by atoms with Crippen LogP contribution in [0.4, 0.5) is 0 Å². The summed E-state index contributed by atoms with van der Waals surface area (Å²) in [5.74, 6) is 0.749. The Morgan fingerprint density at radius 1 is 0.722 bits per heavy atom. The molecule has 0 aromatic heterocycles. The number of ether oxygens (including phenoxy) is 5. The first-order valence-corrected chi connectivity index (χ1v) is 35.9. The molecular formula is C60H108O9Si3. The number of hydrogen-bond donors (Lipinski definition) is 0. The summed E-state index contributed by atoms with van der Waals surface area (Å²) in [5, 5.41) is 0.0287. The molecule has 414 valence electrons. The smallest absolute Gasteiger partial charge is 0.311 e. The highest BCUT2D eigenvalue weighted by molar-refractivity contribution is 6.75. The molecule has 1 heterocycles. The van der Waals surface area contributed by atoms with E-state index >= 15 is 0 Å². The van der Waals surface area contributed by atoms with Crippen molar-refractivity contribution >= 4 is 30.9 Å². The van der Waals surface area contributed by atoms with Crippen LogP contribution >= 0.6 is 0 Å². The molecule has 0 N–H and O–H groups in total. The molecule has 0 saturated carbocycles. The highest BCUT2D eigenvalue weighted by Crippen LogP contribution is 2.44. The lowest BCUT2D eigenvalue weighted by molar-refractivity contribution is -0.177. The Bertz CT molecular complexity index is 1890. The van der Waals surface area contributed by atoms with Crippen LogP contribution in [-0.2, 0) is 43.6 Å². The molecule has 1 aromatic carbocycles. The predicted molar refractivity (Wildman–Crippen MR) is 310 cm³/mol. The number of methoxy groups -OCH3 is 2. The van der Waals surface area contributed by atoms with Gasteiger partial charge in [-0.15, -0.1) is 0 Å². The van der Waals surface area contributed by atoms with E-state index in [1.54, 1.807) is 14.2 Å². The van der Waals surface area contributed by atoms with Crippen molar-refractivity contribution in [3.05, 3.63) is 78.4 Å². The number of allylic oxidation sites excluding steroid dienone is 3. The zero-order valence-electron chi connectivity index (χ0n) is 50.5. The van der Waals surface area contributed by atoms with Crippen LogP contribution in [-0.4, -0.2) is 88.6 Å². The number of hydrogen-bond acceptors (Lipinski definition) is 9. The predicted octanol–water partition coefficient (Wildman–Crippen LogP) is 16.1. The van der Waals surface area contributed by atoms with E-state index in [-0.39, 0.29) is 106 Å². The molecule has 12 heteroatoms. The number of esters is 1.